The molecule has 0 aliphatic heterocycles. The smallest absolute Gasteiger partial charge is 0.243 e. The van der Waals surface area contributed by atoms with Crippen molar-refractivity contribution in [2.24, 2.45) is 0 Å². The molecular weight excluding hydrogens is 593 g/mol. The molecule has 0 bridgehead atoms. The van der Waals surface area contributed by atoms with Gasteiger partial charge in [0.05, 0.1) is 11.9 Å². The summed E-state index contributed by atoms with van der Waals surface area (Å²) >= 11 is 12.3. The number of nitrogens with one attached hydrogen (secondary N) is 1. The van der Waals surface area contributed by atoms with Gasteiger partial charge in [0.15, 0.2) is 0 Å². The molecule has 0 unspecified atom stereocenters. The van der Waals surface area contributed by atoms with Crippen LogP contribution in [0.4, 0.5) is 5.69 Å². The Morgan fingerprint density at radius 3 is 2.19 bits per heavy atom. The molecule has 0 saturated carbocycles. The monoisotopic (exact) mass is 631 g/mol. The molecular formula is C32H39Cl2N3O4S. The van der Waals surface area contributed by atoms with Crippen molar-refractivity contribution in [3.05, 3.63) is 99.5 Å². The van der Waals surface area contributed by atoms with Gasteiger partial charge in [0.1, 0.15) is 6.04 Å². The quantitative estimate of drug-likeness (QED) is 0.223. The summed E-state index contributed by atoms with van der Waals surface area (Å²) in [5.74, 6) is -0.482. The van der Waals surface area contributed by atoms with Crippen molar-refractivity contribution in [1.29, 1.82) is 0 Å². The first-order chi connectivity index (χ1) is 19.9. The molecule has 0 heterocycles. The molecule has 0 aliphatic carbocycles. The maximum Gasteiger partial charge on any atom is 0.243 e. The first-order valence-corrected chi connectivity index (χ1v) is 16.6. The van der Waals surface area contributed by atoms with E-state index < -0.39 is 16.1 Å². The number of nitrogens with zero attached hydrogens (tertiary/aromatic N) is 2. The zero-order valence-corrected chi connectivity index (χ0v) is 26.8. The SMILES string of the molecule is CC[C@@H](C)NC(=O)[C@H](Cc1ccccc1)N(Cc1ccc(Cl)cc1)C(=O)CCCN(c1cc(Cl)ccc1C)S(C)(=O)=O. The van der Waals surface area contributed by atoms with Crippen molar-refractivity contribution in [2.45, 2.75) is 65.1 Å². The molecule has 10 heteroatoms. The van der Waals surface area contributed by atoms with Gasteiger partial charge in [0.2, 0.25) is 21.8 Å². The Morgan fingerprint density at radius 2 is 1.57 bits per heavy atom. The summed E-state index contributed by atoms with van der Waals surface area (Å²) < 4.78 is 26.7. The van der Waals surface area contributed by atoms with Gasteiger partial charge in [-0.25, -0.2) is 8.42 Å². The van der Waals surface area contributed by atoms with E-state index >= 15 is 0 Å². The van der Waals surface area contributed by atoms with Crippen LogP contribution in [0.1, 0.15) is 49.8 Å². The molecule has 3 aromatic rings. The molecule has 226 valence electrons. The number of rotatable bonds is 14. The van der Waals surface area contributed by atoms with Gasteiger partial charge in [-0.2, -0.15) is 0 Å². The Bertz CT molecular complexity index is 1450. The van der Waals surface area contributed by atoms with Gasteiger partial charge >= 0.3 is 0 Å². The molecule has 0 aliphatic rings. The molecule has 0 fully saturated rings. The summed E-state index contributed by atoms with van der Waals surface area (Å²) in [5.41, 5.74) is 2.99. The van der Waals surface area contributed by atoms with Crippen LogP contribution in [0, 0.1) is 6.92 Å². The predicted octanol–water partition coefficient (Wildman–Crippen LogP) is 6.40. The van der Waals surface area contributed by atoms with Crippen LogP contribution in [0.25, 0.3) is 0 Å². The average Bonchev–Trinajstić information content (AvgIpc) is 2.95. The predicted molar refractivity (Wildman–Crippen MR) is 171 cm³/mol. The molecule has 1 N–H and O–H groups in total. The minimum Gasteiger partial charge on any atom is -0.352 e. The van der Waals surface area contributed by atoms with Crippen molar-refractivity contribution in [3.8, 4) is 0 Å². The van der Waals surface area contributed by atoms with E-state index in [-0.39, 0.29) is 43.8 Å². The third-order valence-electron chi connectivity index (χ3n) is 7.13. The molecule has 2 amide bonds. The summed E-state index contributed by atoms with van der Waals surface area (Å²) in [6.45, 7) is 6.02. The average molecular weight is 633 g/mol. The second-order valence-corrected chi connectivity index (χ2v) is 13.3. The number of halogens is 2. The van der Waals surface area contributed by atoms with Crippen molar-refractivity contribution < 1.29 is 18.0 Å². The summed E-state index contributed by atoms with van der Waals surface area (Å²) in [5, 5.41) is 4.05. The number of carbonyl (C=O) groups is 2. The Morgan fingerprint density at radius 1 is 0.929 bits per heavy atom. The molecule has 2 atom stereocenters. The molecule has 42 heavy (non-hydrogen) atoms. The highest BCUT2D eigenvalue weighted by Crippen LogP contribution is 2.27. The van der Waals surface area contributed by atoms with Crippen LogP contribution in [0.2, 0.25) is 10.0 Å². The van der Waals surface area contributed by atoms with Crippen LogP contribution in [-0.4, -0.2) is 50.0 Å². The zero-order chi connectivity index (χ0) is 30.9. The number of carbonyl (C=O) groups excluding carboxylic acids is 2. The topological polar surface area (TPSA) is 86.8 Å². The van der Waals surface area contributed by atoms with Crippen molar-refractivity contribution in [3.63, 3.8) is 0 Å². The second kappa shape index (κ2) is 15.4. The van der Waals surface area contributed by atoms with E-state index in [0.29, 0.717) is 22.2 Å². The third kappa shape index (κ3) is 9.75. The van der Waals surface area contributed by atoms with Crippen LogP contribution in [-0.2, 0) is 32.6 Å². The highest BCUT2D eigenvalue weighted by molar-refractivity contribution is 7.92. The van der Waals surface area contributed by atoms with Gasteiger partial charge in [-0.15, -0.1) is 0 Å². The lowest BCUT2D eigenvalue weighted by molar-refractivity contribution is -0.141. The molecule has 0 saturated heterocycles. The molecule has 7 nitrogen and oxygen atoms in total. The van der Waals surface area contributed by atoms with Crippen LogP contribution >= 0.6 is 23.2 Å². The fraction of sp³-hybridized carbons (Fsp3) is 0.375. The van der Waals surface area contributed by atoms with Crippen molar-refractivity contribution >= 4 is 50.7 Å². The van der Waals surface area contributed by atoms with E-state index in [0.717, 1.165) is 29.4 Å². The minimum absolute atomic E-state index is 0.0428. The lowest BCUT2D eigenvalue weighted by atomic mass is 10.0. The standard InChI is InChI=1S/C32H39Cl2N3O4S/c1-5-24(3)35-32(39)30(20-25-10-7-6-8-11-25)36(22-26-14-17-27(33)18-15-26)31(38)12-9-19-37(42(4,40)41)29-21-28(34)16-13-23(29)2/h6-8,10-11,13-18,21,24,30H,5,9,12,19-20,22H2,1-4H3,(H,35,39)/t24-,30+/m1/s1. The highest BCUT2D eigenvalue weighted by atomic mass is 35.5. The largest absolute Gasteiger partial charge is 0.352 e. The Kier molecular flexibility index (Phi) is 12.3. The van der Waals surface area contributed by atoms with Crippen LogP contribution in [0.5, 0.6) is 0 Å². The fourth-order valence-corrected chi connectivity index (χ4v) is 5.92. The summed E-state index contributed by atoms with van der Waals surface area (Å²) in [4.78, 5) is 29.2. The van der Waals surface area contributed by atoms with Crippen LogP contribution in [0.15, 0.2) is 72.8 Å². The van der Waals surface area contributed by atoms with Crippen molar-refractivity contribution in [2.75, 3.05) is 17.1 Å². The fourth-order valence-electron chi connectivity index (χ4n) is 4.62. The number of anilines is 1. The second-order valence-electron chi connectivity index (χ2n) is 10.5. The normalized spacial score (nSPS) is 12.8. The van der Waals surface area contributed by atoms with E-state index in [1.54, 1.807) is 35.2 Å². The third-order valence-corrected chi connectivity index (χ3v) is 8.80. The Balaban J connectivity index is 1.90. The van der Waals surface area contributed by atoms with Gasteiger partial charge in [-0.1, -0.05) is 78.7 Å². The van der Waals surface area contributed by atoms with E-state index in [1.807, 2.05) is 63.2 Å². The van der Waals surface area contributed by atoms with Gasteiger partial charge in [0, 0.05) is 42.0 Å². The number of sulfonamides is 1. The first-order valence-electron chi connectivity index (χ1n) is 14.0. The molecule has 3 aromatic carbocycles. The number of benzene rings is 3. The molecule has 0 aromatic heterocycles. The van der Waals surface area contributed by atoms with E-state index in [2.05, 4.69) is 5.32 Å². The van der Waals surface area contributed by atoms with Gasteiger partial charge in [-0.3, -0.25) is 13.9 Å². The zero-order valence-electron chi connectivity index (χ0n) is 24.5. The van der Waals surface area contributed by atoms with E-state index in [9.17, 15) is 18.0 Å². The molecule has 0 spiro atoms. The number of amides is 2. The van der Waals surface area contributed by atoms with Crippen LogP contribution in [0.3, 0.4) is 0 Å². The van der Waals surface area contributed by atoms with Gasteiger partial charge in [-0.05, 0) is 67.6 Å². The van der Waals surface area contributed by atoms with Crippen LogP contribution < -0.4 is 9.62 Å². The summed E-state index contributed by atoms with van der Waals surface area (Å²) in [6, 6.07) is 21.0. The summed E-state index contributed by atoms with van der Waals surface area (Å²) in [6.07, 6.45) is 2.51. The molecule has 0 radical (unpaired) electrons. The van der Waals surface area contributed by atoms with Gasteiger partial charge in [0.25, 0.3) is 0 Å². The van der Waals surface area contributed by atoms with Gasteiger partial charge < -0.3 is 10.2 Å². The number of hydrogen-bond donors (Lipinski definition) is 1. The summed E-state index contributed by atoms with van der Waals surface area (Å²) in [7, 11) is -3.64. The highest BCUT2D eigenvalue weighted by Gasteiger charge is 2.31. The van der Waals surface area contributed by atoms with E-state index in [1.165, 1.54) is 4.31 Å². The number of aryl methyl sites for hydroxylation is 1. The maximum absolute atomic E-state index is 13.9. The Labute approximate surface area is 259 Å². The lowest BCUT2D eigenvalue weighted by Crippen LogP contribution is -2.52. The minimum atomic E-state index is -3.64. The first kappa shape index (κ1) is 33.4. The maximum atomic E-state index is 13.9. The van der Waals surface area contributed by atoms with Crippen molar-refractivity contribution in [1.82, 2.24) is 10.2 Å². The van der Waals surface area contributed by atoms with E-state index in [4.69, 9.17) is 23.2 Å². The lowest BCUT2D eigenvalue weighted by Gasteiger charge is -2.33. The Hall–Kier alpha value is -3.07. The molecule has 3 rings (SSSR count). The number of hydrogen-bond acceptors (Lipinski definition) is 4.